The zero-order chi connectivity index (χ0) is 15.0. The molecule has 0 spiro atoms. The van der Waals surface area contributed by atoms with Gasteiger partial charge in [0.25, 0.3) is 0 Å². The second-order valence-corrected chi connectivity index (χ2v) is 6.31. The van der Waals surface area contributed by atoms with Gasteiger partial charge < -0.3 is 10.0 Å². The van der Waals surface area contributed by atoms with Crippen LogP contribution < -0.4 is 11.3 Å². The highest BCUT2D eigenvalue weighted by Gasteiger charge is 2.22. The van der Waals surface area contributed by atoms with Crippen LogP contribution in [0, 0.1) is 0 Å². The van der Waals surface area contributed by atoms with E-state index < -0.39 is 5.60 Å². The van der Waals surface area contributed by atoms with Crippen LogP contribution in [0.1, 0.15) is 39.5 Å². The number of carbonyl (C=O) groups excluding carboxylic acids is 1. The van der Waals surface area contributed by atoms with E-state index in [0.29, 0.717) is 6.42 Å². The summed E-state index contributed by atoms with van der Waals surface area (Å²) < 4.78 is 0. The Kier molecular flexibility index (Phi) is 7.43. The number of unbranched alkanes of at least 4 members (excludes halogenated alkanes) is 2. The van der Waals surface area contributed by atoms with Crippen LogP contribution in [0.3, 0.4) is 0 Å². The summed E-state index contributed by atoms with van der Waals surface area (Å²) in [6.45, 7) is 9.75. The Balaban J connectivity index is 2.04. The lowest BCUT2D eigenvalue weighted by Crippen LogP contribution is -2.50. The molecule has 0 aliphatic carbocycles. The molecule has 4 N–H and O–H groups in total. The van der Waals surface area contributed by atoms with E-state index in [9.17, 15) is 9.90 Å². The third kappa shape index (κ3) is 7.79. The Morgan fingerprint density at radius 2 is 1.75 bits per heavy atom. The lowest BCUT2D eigenvalue weighted by molar-refractivity contribution is -0.121. The zero-order valence-corrected chi connectivity index (χ0v) is 12.9. The lowest BCUT2D eigenvalue weighted by Gasteiger charge is -2.37. The minimum Gasteiger partial charge on any atom is -0.389 e. The molecule has 0 aromatic rings. The van der Waals surface area contributed by atoms with E-state index in [2.05, 4.69) is 15.2 Å². The quantitative estimate of drug-likeness (QED) is 0.252. The molecule has 6 nitrogen and oxygen atoms in total. The van der Waals surface area contributed by atoms with Gasteiger partial charge in [0.05, 0.1) is 5.60 Å². The molecule has 20 heavy (non-hydrogen) atoms. The van der Waals surface area contributed by atoms with Gasteiger partial charge in [0.15, 0.2) is 0 Å². The Morgan fingerprint density at radius 3 is 2.30 bits per heavy atom. The number of carbonyl (C=O) groups is 1. The largest absolute Gasteiger partial charge is 0.389 e. The Hall–Kier alpha value is -0.690. The van der Waals surface area contributed by atoms with Crippen molar-refractivity contribution in [2.75, 3.05) is 39.3 Å². The molecular weight excluding hydrogens is 256 g/mol. The molecule has 1 aliphatic rings. The van der Waals surface area contributed by atoms with Crippen molar-refractivity contribution in [3.05, 3.63) is 0 Å². The fraction of sp³-hybridized carbons (Fsp3) is 0.929. The van der Waals surface area contributed by atoms with E-state index in [1.54, 1.807) is 0 Å². The molecule has 0 atom stereocenters. The predicted octanol–water partition coefficient (Wildman–Crippen LogP) is -0.0748. The lowest BCUT2D eigenvalue weighted by atomic mass is 10.1. The number of rotatable bonds is 8. The molecule has 1 fully saturated rings. The van der Waals surface area contributed by atoms with Gasteiger partial charge in [-0.2, -0.15) is 0 Å². The molecule has 1 rings (SSSR count). The fourth-order valence-electron chi connectivity index (χ4n) is 2.59. The van der Waals surface area contributed by atoms with Crippen LogP contribution in [0.15, 0.2) is 0 Å². The van der Waals surface area contributed by atoms with Crippen molar-refractivity contribution in [3.63, 3.8) is 0 Å². The Bertz CT molecular complexity index is 283. The second kappa shape index (κ2) is 8.56. The maximum atomic E-state index is 11.0. The van der Waals surface area contributed by atoms with E-state index in [-0.39, 0.29) is 5.91 Å². The van der Waals surface area contributed by atoms with E-state index in [1.807, 2.05) is 13.8 Å². The summed E-state index contributed by atoms with van der Waals surface area (Å²) in [4.78, 5) is 15.7. The van der Waals surface area contributed by atoms with Crippen molar-refractivity contribution in [1.29, 1.82) is 0 Å². The molecule has 118 valence electrons. The van der Waals surface area contributed by atoms with E-state index in [4.69, 9.17) is 5.84 Å². The second-order valence-electron chi connectivity index (χ2n) is 6.31. The maximum absolute atomic E-state index is 11.0. The number of β-amino-alcohol motifs (C(OH)–C–C–N with tert-alkyl or cyclic N) is 1. The van der Waals surface area contributed by atoms with Crippen molar-refractivity contribution in [3.8, 4) is 0 Å². The number of nitrogens with zero attached hydrogens (tertiary/aromatic N) is 2. The number of hydrazine groups is 1. The van der Waals surface area contributed by atoms with Crippen molar-refractivity contribution in [1.82, 2.24) is 15.2 Å². The number of amides is 1. The summed E-state index contributed by atoms with van der Waals surface area (Å²) >= 11 is 0. The predicted molar refractivity (Wildman–Crippen MR) is 80.0 cm³/mol. The van der Waals surface area contributed by atoms with Crippen LogP contribution in [0.4, 0.5) is 0 Å². The van der Waals surface area contributed by atoms with Crippen molar-refractivity contribution in [2.24, 2.45) is 5.84 Å². The fourth-order valence-corrected chi connectivity index (χ4v) is 2.59. The summed E-state index contributed by atoms with van der Waals surface area (Å²) in [5.41, 5.74) is 1.55. The molecule has 6 heteroatoms. The summed E-state index contributed by atoms with van der Waals surface area (Å²) in [5.74, 6) is 4.95. The van der Waals surface area contributed by atoms with Gasteiger partial charge in [-0.05, 0) is 33.2 Å². The monoisotopic (exact) mass is 286 g/mol. The van der Waals surface area contributed by atoms with Crippen LogP contribution in [0.25, 0.3) is 0 Å². The van der Waals surface area contributed by atoms with Crippen LogP contribution >= 0.6 is 0 Å². The first-order valence-corrected chi connectivity index (χ1v) is 7.57. The highest BCUT2D eigenvalue weighted by Crippen LogP contribution is 2.10. The molecule has 1 aliphatic heterocycles. The first-order chi connectivity index (χ1) is 9.40. The zero-order valence-electron chi connectivity index (χ0n) is 12.9. The van der Waals surface area contributed by atoms with Crippen LogP contribution in [0.2, 0.25) is 0 Å². The number of piperazine rings is 1. The van der Waals surface area contributed by atoms with Gasteiger partial charge >= 0.3 is 0 Å². The van der Waals surface area contributed by atoms with Gasteiger partial charge in [-0.3, -0.25) is 15.1 Å². The minimum atomic E-state index is -0.605. The number of aliphatic hydroxyl groups is 1. The minimum absolute atomic E-state index is 0.0785. The average molecular weight is 286 g/mol. The molecule has 0 aromatic carbocycles. The summed E-state index contributed by atoms with van der Waals surface area (Å²) in [7, 11) is 0. The van der Waals surface area contributed by atoms with Crippen molar-refractivity contribution < 1.29 is 9.90 Å². The number of nitrogens with one attached hydrogen (secondary N) is 1. The number of nitrogens with two attached hydrogens (primary N) is 1. The standard InChI is InChI=1S/C14H30N4O2/c1-14(2,20)12-18-10-8-17(9-11-18)7-5-3-4-6-13(19)16-15/h20H,3-12,15H2,1-2H3,(H,16,19). The van der Waals surface area contributed by atoms with E-state index in [1.165, 1.54) is 0 Å². The molecular formula is C14H30N4O2. The van der Waals surface area contributed by atoms with Crippen molar-refractivity contribution in [2.45, 2.75) is 45.1 Å². The van der Waals surface area contributed by atoms with Gasteiger partial charge in [0.2, 0.25) is 5.91 Å². The highest BCUT2D eigenvalue weighted by atomic mass is 16.3. The SMILES string of the molecule is CC(C)(O)CN1CCN(CCCCCC(=O)NN)CC1. The third-order valence-corrected chi connectivity index (χ3v) is 3.61. The molecule has 1 saturated heterocycles. The Morgan fingerprint density at radius 1 is 1.15 bits per heavy atom. The van der Waals surface area contributed by atoms with Gasteiger partial charge in [-0.15, -0.1) is 0 Å². The normalized spacial score (nSPS) is 18.2. The first-order valence-electron chi connectivity index (χ1n) is 7.57. The highest BCUT2D eigenvalue weighted by molar-refractivity contribution is 5.74. The van der Waals surface area contributed by atoms with Crippen molar-refractivity contribution >= 4 is 5.91 Å². The van der Waals surface area contributed by atoms with Crippen LogP contribution in [0.5, 0.6) is 0 Å². The first kappa shape index (κ1) is 17.4. The molecule has 0 unspecified atom stereocenters. The number of hydrogen-bond acceptors (Lipinski definition) is 5. The van der Waals surface area contributed by atoms with Gasteiger partial charge in [0.1, 0.15) is 0 Å². The molecule has 0 aromatic heterocycles. The molecule has 0 saturated carbocycles. The topological polar surface area (TPSA) is 81.8 Å². The van der Waals surface area contributed by atoms with Gasteiger partial charge in [-0.25, -0.2) is 5.84 Å². The summed E-state index contributed by atoms with van der Waals surface area (Å²) in [6.07, 6.45) is 3.62. The average Bonchev–Trinajstić information content (AvgIpc) is 2.38. The molecule has 0 radical (unpaired) electrons. The summed E-state index contributed by atoms with van der Waals surface area (Å²) in [5, 5.41) is 9.80. The van der Waals surface area contributed by atoms with E-state index >= 15 is 0 Å². The van der Waals surface area contributed by atoms with Crippen LogP contribution in [-0.4, -0.2) is 65.7 Å². The molecule has 1 amide bonds. The van der Waals surface area contributed by atoms with E-state index in [0.717, 1.165) is 58.5 Å². The summed E-state index contributed by atoms with van der Waals surface area (Å²) in [6, 6.07) is 0. The Labute approximate surface area is 122 Å². The third-order valence-electron chi connectivity index (χ3n) is 3.61. The molecule has 0 bridgehead atoms. The number of hydrogen-bond donors (Lipinski definition) is 3. The maximum Gasteiger partial charge on any atom is 0.233 e. The van der Waals surface area contributed by atoms with Crippen LogP contribution in [-0.2, 0) is 4.79 Å². The molecule has 1 heterocycles. The smallest absolute Gasteiger partial charge is 0.233 e. The van der Waals surface area contributed by atoms with Gasteiger partial charge in [0, 0.05) is 39.1 Å². The van der Waals surface area contributed by atoms with Gasteiger partial charge in [-0.1, -0.05) is 6.42 Å².